The summed E-state index contributed by atoms with van der Waals surface area (Å²) in [5.74, 6) is 0. The first-order valence-electron chi connectivity index (χ1n) is 8.05. The lowest BCUT2D eigenvalue weighted by Gasteiger charge is -2.28. The Morgan fingerprint density at radius 2 is 1.96 bits per heavy atom. The van der Waals surface area contributed by atoms with Gasteiger partial charge >= 0.3 is 6.09 Å². The molecule has 1 amide bonds. The van der Waals surface area contributed by atoms with Crippen LogP contribution in [0.3, 0.4) is 0 Å². The van der Waals surface area contributed by atoms with Crippen LogP contribution in [0.25, 0.3) is 5.69 Å². The Hall–Kier alpha value is -2.30. The first-order valence-corrected chi connectivity index (χ1v) is 8.05. The van der Waals surface area contributed by atoms with Gasteiger partial charge in [-0.2, -0.15) is 5.10 Å². The van der Waals surface area contributed by atoms with E-state index >= 15 is 0 Å². The molecule has 1 aliphatic heterocycles. The van der Waals surface area contributed by atoms with Crippen molar-refractivity contribution in [2.75, 3.05) is 6.54 Å². The zero-order valence-electron chi connectivity index (χ0n) is 13.9. The molecule has 1 saturated heterocycles. The number of likely N-dealkylation sites (tertiary alicyclic amines) is 1. The monoisotopic (exact) mass is 313 g/mol. The van der Waals surface area contributed by atoms with Crippen molar-refractivity contribution in [2.24, 2.45) is 0 Å². The summed E-state index contributed by atoms with van der Waals surface area (Å²) in [5.41, 5.74) is 1.55. The van der Waals surface area contributed by atoms with Crippen molar-refractivity contribution >= 4 is 6.09 Å². The predicted molar refractivity (Wildman–Crippen MR) is 88.5 cm³/mol. The summed E-state index contributed by atoms with van der Waals surface area (Å²) in [4.78, 5) is 14.3. The summed E-state index contributed by atoms with van der Waals surface area (Å²) in [6.45, 7) is 6.40. The van der Waals surface area contributed by atoms with Crippen LogP contribution in [0.5, 0.6) is 0 Å². The summed E-state index contributed by atoms with van der Waals surface area (Å²) >= 11 is 0. The summed E-state index contributed by atoms with van der Waals surface area (Å²) in [6.07, 6.45) is 3.44. The van der Waals surface area contributed by atoms with Gasteiger partial charge in [-0.3, -0.25) is 4.90 Å². The molecule has 3 rings (SSSR count). The van der Waals surface area contributed by atoms with E-state index in [9.17, 15) is 4.79 Å². The Kier molecular flexibility index (Phi) is 4.11. The van der Waals surface area contributed by atoms with Gasteiger partial charge in [0, 0.05) is 12.7 Å². The van der Waals surface area contributed by atoms with Crippen molar-refractivity contribution in [2.45, 2.75) is 45.3 Å². The third-order valence-electron chi connectivity index (χ3n) is 3.89. The van der Waals surface area contributed by atoms with E-state index in [2.05, 4.69) is 5.10 Å². The number of nitrogens with zero attached hydrogens (tertiary/aromatic N) is 3. The Morgan fingerprint density at radius 1 is 1.22 bits per heavy atom. The zero-order valence-corrected chi connectivity index (χ0v) is 13.9. The Morgan fingerprint density at radius 3 is 2.65 bits per heavy atom. The molecule has 2 aromatic rings. The van der Waals surface area contributed by atoms with Gasteiger partial charge in [-0.15, -0.1) is 0 Å². The molecule has 1 aliphatic rings. The Balaban J connectivity index is 1.87. The zero-order chi connectivity index (χ0) is 16.4. The molecule has 0 bridgehead atoms. The number of carbonyl (C=O) groups excluding carboxylic acids is 1. The molecule has 1 atom stereocenters. The SMILES string of the molecule is CC(C)(C)OC(=O)N1CCC[C@H]1c1ccnn1-c1ccccc1. The molecule has 2 heterocycles. The van der Waals surface area contributed by atoms with Gasteiger partial charge in [0.1, 0.15) is 5.60 Å². The molecule has 1 aromatic carbocycles. The molecule has 0 saturated carbocycles. The second kappa shape index (κ2) is 6.07. The van der Waals surface area contributed by atoms with E-state index in [-0.39, 0.29) is 12.1 Å². The van der Waals surface area contributed by atoms with Crippen molar-refractivity contribution < 1.29 is 9.53 Å². The van der Waals surface area contributed by atoms with Gasteiger partial charge in [-0.1, -0.05) is 18.2 Å². The number of para-hydroxylation sites is 1. The van der Waals surface area contributed by atoms with Gasteiger partial charge < -0.3 is 4.74 Å². The fourth-order valence-corrected chi connectivity index (χ4v) is 2.96. The molecule has 1 fully saturated rings. The van der Waals surface area contributed by atoms with Crippen LogP contribution in [0, 0.1) is 0 Å². The number of rotatable bonds is 2. The number of amides is 1. The lowest BCUT2D eigenvalue weighted by atomic mass is 10.1. The normalized spacial score (nSPS) is 18.2. The fraction of sp³-hybridized carbons (Fsp3) is 0.444. The van der Waals surface area contributed by atoms with Crippen LogP contribution in [0.1, 0.15) is 45.3 Å². The molecule has 5 nitrogen and oxygen atoms in total. The number of hydrogen-bond acceptors (Lipinski definition) is 3. The van der Waals surface area contributed by atoms with E-state index in [0.29, 0.717) is 0 Å². The maximum Gasteiger partial charge on any atom is 0.410 e. The van der Waals surface area contributed by atoms with Crippen molar-refractivity contribution in [1.82, 2.24) is 14.7 Å². The highest BCUT2D eigenvalue weighted by molar-refractivity contribution is 5.69. The third kappa shape index (κ3) is 3.38. The number of hydrogen-bond donors (Lipinski definition) is 0. The van der Waals surface area contributed by atoms with Crippen molar-refractivity contribution in [1.29, 1.82) is 0 Å². The first kappa shape index (κ1) is 15.6. The minimum atomic E-state index is -0.482. The molecule has 0 N–H and O–H groups in total. The van der Waals surface area contributed by atoms with Gasteiger partial charge in [0.25, 0.3) is 0 Å². The lowest BCUT2D eigenvalue weighted by Crippen LogP contribution is -2.37. The van der Waals surface area contributed by atoms with E-state index in [4.69, 9.17) is 4.74 Å². The molecule has 0 unspecified atom stereocenters. The lowest BCUT2D eigenvalue weighted by molar-refractivity contribution is 0.0220. The molecule has 0 radical (unpaired) electrons. The molecule has 23 heavy (non-hydrogen) atoms. The van der Waals surface area contributed by atoms with E-state index < -0.39 is 5.60 Å². The molecule has 0 aliphatic carbocycles. The Bertz CT molecular complexity index is 673. The van der Waals surface area contributed by atoms with Crippen LogP contribution in [-0.4, -0.2) is 32.9 Å². The van der Waals surface area contributed by atoms with Gasteiger partial charge in [-0.25, -0.2) is 9.48 Å². The van der Waals surface area contributed by atoms with Crippen molar-refractivity contribution in [3.8, 4) is 5.69 Å². The summed E-state index contributed by atoms with van der Waals surface area (Å²) in [6, 6.07) is 12.0. The molecule has 0 spiro atoms. The molecular weight excluding hydrogens is 290 g/mol. The maximum absolute atomic E-state index is 12.5. The van der Waals surface area contributed by atoms with Crippen LogP contribution in [0.15, 0.2) is 42.6 Å². The highest BCUT2D eigenvalue weighted by Gasteiger charge is 2.35. The van der Waals surface area contributed by atoms with Gasteiger partial charge in [0.15, 0.2) is 0 Å². The van der Waals surface area contributed by atoms with Crippen LogP contribution in [0.4, 0.5) is 4.79 Å². The average Bonchev–Trinajstić information content (AvgIpc) is 3.15. The molecule has 1 aromatic heterocycles. The van der Waals surface area contributed by atoms with Crippen LogP contribution >= 0.6 is 0 Å². The molecule has 5 heteroatoms. The van der Waals surface area contributed by atoms with Gasteiger partial charge in [-0.05, 0) is 51.8 Å². The van der Waals surface area contributed by atoms with Gasteiger partial charge in [0.05, 0.1) is 17.4 Å². The van der Waals surface area contributed by atoms with Crippen LogP contribution < -0.4 is 0 Å². The van der Waals surface area contributed by atoms with Crippen molar-refractivity contribution in [3.05, 3.63) is 48.3 Å². The molecule has 122 valence electrons. The Labute approximate surface area is 136 Å². The minimum absolute atomic E-state index is 0.00700. The quantitative estimate of drug-likeness (QED) is 0.843. The second-order valence-corrected chi connectivity index (χ2v) is 6.84. The van der Waals surface area contributed by atoms with E-state index in [1.54, 1.807) is 6.20 Å². The molecular formula is C18H23N3O2. The smallest absolute Gasteiger partial charge is 0.410 e. The number of benzene rings is 1. The predicted octanol–water partition coefficient (Wildman–Crippen LogP) is 3.94. The summed E-state index contributed by atoms with van der Waals surface area (Å²) in [5, 5.41) is 4.44. The van der Waals surface area contributed by atoms with E-state index in [1.807, 2.05) is 66.8 Å². The largest absolute Gasteiger partial charge is 0.444 e. The van der Waals surface area contributed by atoms with E-state index in [1.165, 1.54) is 0 Å². The second-order valence-electron chi connectivity index (χ2n) is 6.84. The fourth-order valence-electron chi connectivity index (χ4n) is 2.96. The number of ether oxygens (including phenoxy) is 1. The van der Waals surface area contributed by atoms with E-state index in [0.717, 1.165) is 30.8 Å². The summed E-state index contributed by atoms with van der Waals surface area (Å²) in [7, 11) is 0. The number of carbonyl (C=O) groups is 1. The van der Waals surface area contributed by atoms with Crippen LogP contribution in [0.2, 0.25) is 0 Å². The maximum atomic E-state index is 12.5. The third-order valence-corrected chi connectivity index (χ3v) is 3.89. The van der Waals surface area contributed by atoms with Gasteiger partial charge in [0.2, 0.25) is 0 Å². The standard InChI is InChI=1S/C18H23N3O2/c1-18(2,3)23-17(22)20-13-7-10-15(20)16-11-12-19-21(16)14-8-5-4-6-9-14/h4-6,8-9,11-12,15H,7,10,13H2,1-3H3/t15-/m0/s1. The minimum Gasteiger partial charge on any atom is -0.444 e. The number of aromatic nitrogens is 2. The topological polar surface area (TPSA) is 47.4 Å². The highest BCUT2D eigenvalue weighted by Crippen LogP contribution is 2.34. The first-order chi connectivity index (χ1) is 11.0. The average molecular weight is 313 g/mol. The summed E-state index contributed by atoms with van der Waals surface area (Å²) < 4.78 is 7.46. The van der Waals surface area contributed by atoms with Crippen LogP contribution in [-0.2, 0) is 4.74 Å². The highest BCUT2D eigenvalue weighted by atomic mass is 16.6. The van der Waals surface area contributed by atoms with Crippen molar-refractivity contribution in [3.63, 3.8) is 0 Å².